The van der Waals surface area contributed by atoms with Crippen LogP contribution in [0, 0.1) is 6.92 Å². The van der Waals surface area contributed by atoms with Crippen molar-refractivity contribution in [2.24, 2.45) is 0 Å². The number of fused-ring (bicyclic) bond motifs is 2. The van der Waals surface area contributed by atoms with E-state index in [0.29, 0.717) is 34.7 Å². The number of thiophene rings is 1. The maximum atomic E-state index is 13.3. The highest BCUT2D eigenvalue weighted by Crippen LogP contribution is 2.30. The van der Waals surface area contributed by atoms with Crippen LogP contribution in [0.3, 0.4) is 0 Å². The molecular weight excluding hydrogens is 394 g/mol. The average Bonchev–Trinajstić information content (AvgIpc) is 3.12. The summed E-state index contributed by atoms with van der Waals surface area (Å²) in [6, 6.07) is 18.1. The third-order valence-corrected chi connectivity index (χ3v) is 6.91. The molecule has 5 nitrogen and oxygen atoms in total. The van der Waals surface area contributed by atoms with E-state index in [1.165, 1.54) is 22.5 Å². The average molecular weight is 416 g/mol. The third-order valence-electron chi connectivity index (χ3n) is 5.73. The van der Waals surface area contributed by atoms with Crippen LogP contribution in [0.1, 0.15) is 31.9 Å². The fourth-order valence-corrected chi connectivity index (χ4v) is 5.18. The molecule has 0 bridgehead atoms. The second kappa shape index (κ2) is 7.54. The number of rotatable bonds is 3. The maximum Gasteiger partial charge on any atom is 0.264 e. The van der Waals surface area contributed by atoms with Crippen LogP contribution in [0.4, 0.5) is 0 Å². The summed E-state index contributed by atoms with van der Waals surface area (Å²) < 4.78 is 1.61. The Morgan fingerprint density at radius 1 is 1.07 bits per heavy atom. The molecule has 0 saturated heterocycles. The Bertz CT molecular complexity index is 1310. The van der Waals surface area contributed by atoms with E-state index < -0.39 is 0 Å². The topological polar surface area (TPSA) is 55.2 Å². The molecule has 150 valence electrons. The van der Waals surface area contributed by atoms with Crippen LogP contribution < -0.4 is 5.56 Å². The number of benzene rings is 2. The van der Waals surface area contributed by atoms with Gasteiger partial charge < -0.3 is 4.90 Å². The Morgan fingerprint density at radius 3 is 2.60 bits per heavy atom. The number of aryl methyl sites for hydroxylation is 1. The molecule has 0 spiro atoms. The van der Waals surface area contributed by atoms with E-state index >= 15 is 0 Å². The molecule has 2 aromatic heterocycles. The van der Waals surface area contributed by atoms with Crippen LogP contribution in [0.25, 0.3) is 10.2 Å². The van der Waals surface area contributed by atoms with E-state index in [2.05, 4.69) is 17.1 Å². The van der Waals surface area contributed by atoms with Gasteiger partial charge in [0.2, 0.25) is 0 Å². The molecule has 0 saturated carbocycles. The van der Waals surface area contributed by atoms with E-state index in [0.717, 1.165) is 17.5 Å². The Morgan fingerprint density at radius 2 is 1.80 bits per heavy atom. The van der Waals surface area contributed by atoms with E-state index in [1.807, 2.05) is 54.3 Å². The van der Waals surface area contributed by atoms with Gasteiger partial charge in [0.15, 0.2) is 0 Å². The Kier molecular flexibility index (Phi) is 4.71. The molecule has 30 heavy (non-hydrogen) atoms. The zero-order chi connectivity index (χ0) is 20.7. The lowest BCUT2D eigenvalue weighted by atomic mass is 9.99. The minimum atomic E-state index is -0.0966. The van der Waals surface area contributed by atoms with Crippen LogP contribution in [-0.2, 0) is 19.5 Å². The van der Waals surface area contributed by atoms with Gasteiger partial charge in [-0.3, -0.25) is 14.2 Å². The first-order valence-corrected chi connectivity index (χ1v) is 10.8. The molecule has 0 aliphatic carbocycles. The van der Waals surface area contributed by atoms with E-state index in [9.17, 15) is 9.59 Å². The molecule has 2 aromatic carbocycles. The van der Waals surface area contributed by atoms with Crippen molar-refractivity contribution < 1.29 is 4.79 Å². The molecule has 4 aromatic rings. The highest BCUT2D eigenvalue weighted by molar-refractivity contribution is 7.20. The fraction of sp³-hybridized carbons (Fsp3) is 0.208. The molecule has 0 atom stereocenters. The molecule has 1 aliphatic rings. The monoisotopic (exact) mass is 415 g/mol. The van der Waals surface area contributed by atoms with Crippen molar-refractivity contribution >= 4 is 27.5 Å². The minimum Gasteiger partial charge on any atom is -0.333 e. The second-order valence-corrected chi connectivity index (χ2v) is 8.64. The standard InChI is InChI=1S/C24H21N3O2S/c1-16-20-22(25-15-27(23(20)28)13-17-7-3-2-4-8-17)30-21(16)24(29)26-12-11-18-9-5-6-10-19(18)14-26/h2-10,15H,11-14H2,1H3. The summed E-state index contributed by atoms with van der Waals surface area (Å²) in [5.41, 5.74) is 4.18. The van der Waals surface area contributed by atoms with Gasteiger partial charge in [0.25, 0.3) is 11.5 Å². The molecule has 1 aliphatic heterocycles. The van der Waals surface area contributed by atoms with Crippen molar-refractivity contribution in [2.75, 3.05) is 6.54 Å². The zero-order valence-corrected chi connectivity index (χ0v) is 17.5. The van der Waals surface area contributed by atoms with E-state index in [4.69, 9.17) is 0 Å². The molecule has 0 radical (unpaired) electrons. The van der Waals surface area contributed by atoms with E-state index in [1.54, 1.807) is 10.9 Å². The van der Waals surface area contributed by atoms with Gasteiger partial charge >= 0.3 is 0 Å². The van der Waals surface area contributed by atoms with Gasteiger partial charge in [-0.15, -0.1) is 11.3 Å². The lowest BCUT2D eigenvalue weighted by Gasteiger charge is -2.28. The van der Waals surface area contributed by atoms with Crippen molar-refractivity contribution in [1.29, 1.82) is 0 Å². The number of hydrogen-bond acceptors (Lipinski definition) is 4. The van der Waals surface area contributed by atoms with Crippen LogP contribution in [-0.4, -0.2) is 26.9 Å². The zero-order valence-electron chi connectivity index (χ0n) is 16.7. The number of hydrogen-bond donors (Lipinski definition) is 0. The lowest BCUT2D eigenvalue weighted by Crippen LogP contribution is -2.35. The van der Waals surface area contributed by atoms with Gasteiger partial charge in [0, 0.05) is 13.1 Å². The van der Waals surface area contributed by atoms with Gasteiger partial charge in [-0.2, -0.15) is 0 Å². The SMILES string of the molecule is Cc1c(C(=O)N2CCc3ccccc3C2)sc2ncn(Cc3ccccc3)c(=O)c12. The van der Waals surface area contributed by atoms with Gasteiger partial charge in [0.05, 0.1) is 23.1 Å². The third kappa shape index (κ3) is 3.23. The summed E-state index contributed by atoms with van der Waals surface area (Å²) in [5, 5.41) is 0.555. The molecule has 5 rings (SSSR count). The quantitative estimate of drug-likeness (QED) is 0.508. The first-order chi connectivity index (χ1) is 14.6. The number of nitrogens with zero attached hydrogens (tertiary/aromatic N) is 3. The Balaban J connectivity index is 1.49. The van der Waals surface area contributed by atoms with Crippen LogP contribution in [0.5, 0.6) is 0 Å². The molecule has 0 N–H and O–H groups in total. The van der Waals surface area contributed by atoms with Crippen molar-refractivity contribution in [1.82, 2.24) is 14.5 Å². The highest BCUT2D eigenvalue weighted by Gasteiger charge is 2.26. The predicted octanol–water partition coefficient (Wildman–Crippen LogP) is 4.01. The largest absolute Gasteiger partial charge is 0.333 e. The van der Waals surface area contributed by atoms with Crippen molar-refractivity contribution in [3.05, 3.63) is 98.4 Å². The van der Waals surface area contributed by atoms with Crippen molar-refractivity contribution in [3.63, 3.8) is 0 Å². The Labute approximate surface area is 178 Å². The summed E-state index contributed by atoms with van der Waals surface area (Å²) in [6.45, 7) is 3.62. The summed E-state index contributed by atoms with van der Waals surface area (Å²) in [7, 11) is 0. The smallest absolute Gasteiger partial charge is 0.264 e. The van der Waals surface area contributed by atoms with Gasteiger partial charge in [-0.05, 0) is 35.6 Å². The lowest BCUT2D eigenvalue weighted by molar-refractivity contribution is 0.0739. The molecule has 0 fully saturated rings. The summed E-state index contributed by atoms with van der Waals surface area (Å²) in [4.78, 5) is 34.0. The molecule has 0 unspecified atom stereocenters. The molecule has 3 heterocycles. The number of amides is 1. The van der Waals surface area contributed by atoms with Crippen LogP contribution in [0.15, 0.2) is 65.7 Å². The molecule has 1 amide bonds. The van der Waals surface area contributed by atoms with Gasteiger partial charge in [-0.1, -0.05) is 54.6 Å². The van der Waals surface area contributed by atoms with Crippen LogP contribution >= 0.6 is 11.3 Å². The fourth-order valence-electron chi connectivity index (χ4n) is 4.07. The molecule has 6 heteroatoms. The van der Waals surface area contributed by atoms with Crippen molar-refractivity contribution in [2.45, 2.75) is 26.4 Å². The Hall–Kier alpha value is -3.25. The summed E-state index contributed by atoms with van der Waals surface area (Å²) in [5.74, 6) is -0.0148. The number of aromatic nitrogens is 2. The maximum absolute atomic E-state index is 13.3. The van der Waals surface area contributed by atoms with Crippen LogP contribution in [0.2, 0.25) is 0 Å². The highest BCUT2D eigenvalue weighted by atomic mass is 32.1. The number of carbonyl (C=O) groups excluding carboxylic acids is 1. The number of carbonyl (C=O) groups is 1. The second-order valence-electron chi connectivity index (χ2n) is 7.64. The van der Waals surface area contributed by atoms with Gasteiger partial charge in [0.1, 0.15) is 4.83 Å². The van der Waals surface area contributed by atoms with Crippen molar-refractivity contribution in [3.8, 4) is 0 Å². The van der Waals surface area contributed by atoms with Gasteiger partial charge in [-0.25, -0.2) is 4.98 Å². The summed E-state index contributed by atoms with van der Waals surface area (Å²) >= 11 is 1.32. The first kappa shape index (κ1) is 18.8. The molecular formula is C24H21N3O2S. The normalized spacial score (nSPS) is 13.4. The summed E-state index contributed by atoms with van der Waals surface area (Å²) in [6.07, 6.45) is 2.44. The first-order valence-electron chi connectivity index (χ1n) is 10.0. The van der Waals surface area contributed by atoms with E-state index in [-0.39, 0.29) is 11.5 Å². The minimum absolute atomic E-state index is 0.0148. The predicted molar refractivity (Wildman–Crippen MR) is 119 cm³/mol.